The molecule has 8 nitrogen and oxygen atoms in total. The number of aromatic nitrogens is 7. The molecule has 0 bridgehead atoms. The van der Waals surface area contributed by atoms with E-state index in [0.717, 1.165) is 40.4 Å². The molecule has 2 aromatic carbocycles. The molecule has 9 heteroatoms. The monoisotopic (exact) mass is 393 g/mol. The number of tetrazole rings is 1. The SMILES string of the molecule is CCn1c(SCc2nnnn2-c2ccccc2)nnc1-c1ccc(OC)cc1. The lowest BCUT2D eigenvalue weighted by Gasteiger charge is -2.08. The smallest absolute Gasteiger partial charge is 0.191 e. The first kappa shape index (κ1) is 18.2. The van der Waals surface area contributed by atoms with Crippen LogP contribution in [0.15, 0.2) is 59.8 Å². The van der Waals surface area contributed by atoms with Gasteiger partial charge in [-0.3, -0.25) is 0 Å². The minimum absolute atomic E-state index is 0.586. The first-order chi connectivity index (χ1) is 13.8. The van der Waals surface area contributed by atoms with Crippen LogP contribution in [0.25, 0.3) is 17.1 Å². The summed E-state index contributed by atoms with van der Waals surface area (Å²) in [7, 11) is 1.65. The molecule has 0 aliphatic rings. The molecule has 2 aromatic heterocycles. The standard InChI is InChI=1S/C19H19N7OS/c1-3-25-18(14-9-11-16(27-2)12-10-14)21-22-19(25)28-13-17-20-23-24-26(17)15-7-5-4-6-8-15/h4-12H,3,13H2,1-2H3. The normalized spacial score (nSPS) is 10.9. The second-order valence-corrected chi connectivity index (χ2v) is 6.85. The number of rotatable bonds is 7. The Bertz CT molecular complexity index is 1040. The number of hydrogen-bond donors (Lipinski definition) is 0. The summed E-state index contributed by atoms with van der Waals surface area (Å²) < 4.78 is 9.05. The molecule has 0 saturated carbocycles. The average molecular weight is 393 g/mol. The molecule has 0 amide bonds. The molecule has 0 aliphatic carbocycles. The van der Waals surface area contributed by atoms with Gasteiger partial charge in [-0.05, 0) is 53.7 Å². The van der Waals surface area contributed by atoms with Gasteiger partial charge in [0.1, 0.15) is 5.75 Å². The van der Waals surface area contributed by atoms with Crippen molar-refractivity contribution in [3.63, 3.8) is 0 Å². The zero-order valence-corrected chi connectivity index (χ0v) is 16.4. The van der Waals surface area contributed by atoms with E-state index in [1.807, 2.05) is 54.6 Å². The Morgan fingerprint density at radius 2 is 1.75 bits per heavy atom. The first-order valence-corrected chi connectivity index (χ1v) is 9.81. The molecule has 0 spiro atoms. The molecule has 2 heterocycles. The van der Waals surface area contributed by atoms with E-state index in [1.54, 1.807) is 23.6 Å². The van der Waals surface area contributed by atoms with Crippen LogP contribution in [0, 0.1) is 0 Å². The Morgan fingerprint density at radius 3 is 2.46 bits per heavy atom. The van der Waals surface area contributed by atoms with Crippen molar-refractivity contribution in [3.8, 4) is 22.8 Å². The Balaban J connectivity index is 1.55. The summed E-state index contributed by atoms with van der Waals surface area (Å²) in [6.45, 7) is 2.84. The molecule has 0 atom stereocenters. The van der Waals surface area contributed by atoms with Gasteiger partial charge in [-0.15, -0.1) is 15.3 Å². The fraction of sp³-hybridized carbons (Fsp3) is 0.211. The van der Waals surface area contributed by atoms with Crippen LogP contribution in [0.5, 0.6) is 5.75 Å². The third kappa shape index (κ3) is 3.61. The molecule has 0 radical (unpaired) electrons. The molecular weight excluding hydrogens is 374 g/mol. The van der Waals surface area contributed by atoms with E-state index in [4.69, 9.17) is 4.74 Å². The van der Waals surface area contributed by atoms with Crippen molar-refractivity contribution in [1.29, 1.82) is 0 Å². The lowest BCUT2D eigenvalue weighted by atomic mass is 10.2. The maximum atomic E-state index is 5.23. The maximum absolute atomic E-state index is 5.23. The minimum Gasteiger partial charge on any atom is -0.497 e. The summed E-state index contributed by atoms with van der Waals surface area (Å²) >= 11 is 1.56. The third-order valence-electron chi connectivity index (χ3n) is 4.25. The lowest BCUT2D eigenvalue weighted by Crippen LogP contribution is -2.03. The van der Waals surface area contributed by atoms with Gasteiger partial charge in [-0.1, -0.05) is 30.0 Å². The molecule has 0 saturated heterocycles. The highest BCUT2D eigenvalue weighted by Gasteiger charge is 2.15. The molecule has 142 valence electrons. The van der Waals surface area contributed by atoms with Gasteiger partial charge in [0.15, 0.2) is 16.8 Å². The summed E-state index contributed by atoms with van der Waals surface area (Å²) in [5.74, 6) is 2.99. The number of ether oxygens (including phenoxy) is 1. The van der Waals surface area contributed by atoms with Crippen molar-refractivity contribution in [2.24, 2.45) is 0 Å². The Labute approximate surface area is 166 Å². The van der Waals surface area contributed by atoms with E-state index < -0.39 is 0 Å². The summed E-state index contributed by atoms with van der Waals surface area (Å²) in [4.78, 5) is 0. The Kier molecular flexibility index (Phi) is 5.34. The zero-order chi connectivity index (χ0) is 19.3. The van der Waals surface area contributed by atoms with Crippen molar-refractivity contribution in [2.45, 2.75) is 24.4 Å². The van der Waals surface area contributed by atoms with Crippen molar-refractivity contribution in [2.75, 3.05) is 7.11 Å². The van der Waals surface area contributed by atoms with Crippen molar-refractivity contribution in [1.82, 2.24) is 35.0 Å². The fourth-order valence-corrected chi connectivity index (χ4v) is 3.74. The van der Waals surface area contributed by atoms with Gasteiger partial charge in [0.25, 0.3) is 0 Å². The predicted octanol–water partition coefficient (Wildman–Crippen LogP) is 3.24. The number of para-hydroxylation sites is 1. The van der Waals surface area contributed by atoms with Crippen LogP contribution in [0.3, 0.4) is 0 Å². The second kappa shape index (κ2) is 8.22. The largest absolute Gasteiger partial charge is 0.497 e. The quantitative estimate of drug-likeness (QED) is 0.446. The average Bonchev–Trinajstić information content (AvgIpc) is 3.39. The highest BCUT2D eigenvalue weighted by molar-refractivity contribution is 7.98. The molecule has 4 aromatic rings. The molecule has 0 unspecified atom stereocenters. The molecule has 0 aliphatic heterocycles. The second-order valence-electron chi connectivity index (χ2n) is 5.91. The minimum atomic E-state index is 0.586. The molecule has 28 heavy (non-hydrogen) atoms. The summed E-state index contributed by atoms with van der Waals surface area (Å²) in [6.07, 6.45) is 0. The fourth-order valence-electron chi connectivity index (χ4n) is 2.83. The van der Waals surface area contributed by atoms with Gasteiger partial charge in [-0.25, -0.2) is 0 Å². The van der Waals surface area contributed by atoms with Crippen molar-refractivity contribution >= 4 is 11.8 Å². The van der Waals surface area contributed by atoms with Crippen molar-refractivity contribution < 1.29 is 4.74 Å². The summed E-state index contributed by atoms with van der Waals surface area (Å²) in [5, 5.41) is 21.7. The first-order valence-electron chi connectivity index (χ1n) is 8.83. The van der Waals surface area contributed by atoms with E-state index in [0.29, 0.717) is 5.75 Å². The summed E-state index contributed by atoms with van der Waals surface area (Å²) in [5.41, 5.74) is 1.93. The van der Waals surface area contributed by atoms with Gasteiger partial charge >= 0.3 is 0 Å². The van der Waals surface area contributed by atoms with Crippen LogP contribution in [0.2, 0.25) is 0 Å². The van der Waals surface area contributed by atoms with E-state index in [1.165, 1.54) is 0 Å². The van der Waals surface area contributed by atoms with Crippen LogP contribution in [-0.2, 0) is 12.3 Å². The van der Waals surface area contributed by atoms with Crippen LogP contribution in [0.1, 0.15) is 12.7 Å². The van der Waals surface area contributed by atoms with Gasteiger partial charge in [-0.2, -0.15) is 4.68 Å². The van der Waals surface area contributed by atoms with E-state index in [9.17, 15) is 0 Å². The van der Waals surface area contributed by atoms with Gasteiger partial charge < -0.3 is 9.30 Å². The zero-order valence-electron chi connectivity index (χ0n) is 15.6. The Hall–Kier alpha value is -3.20. The van der Waals surface area contributed by atoms with Crippen molar-refractivity contribution in [3.05, 3.63) is 60.4 Å². The maximum Gasteiger partial charge on any atom is 0.191 e. The van der Waals surface area contributed by atoms with E-state index in [-0.39, 0.29) is 0 Å². The van der Waals surface area contributed by atoms with Crippen LogP contribution >= 0.6 is 11.8 Å². The van der Waals surface area contributed by atoms with Crippen LogP contribution < -0.4 is 4.74 Å². The predicted molar refractivity (Wildman–Crippen MR) is 106 cm³/mol. The van der Waals surface area contributed by atoms with Gasteiger partial charge in [0, 0.05) is 12.1 Å². The van der Waals surface area contributed by atoms with Crippen LogP contribution in [0.4, 0.5) is 0 Å². The molecule has 4 rings (SSSR count). The summed E-state index contributed by atoms with van der Waals surface area (Å²) in [6, 6.07) is 17.6. The molecular formula is C19H19N7OS. The topological polar surface area (TPSA) is 83.5 Å². The molecule has 0 N–H and O–H groups in total. The number of hydrogen-bond acceptors (Lipinski definition) is 7. The highest BCUT2D eigenvalue weighted by atomic mass is 32.2. The van der Waals surface area contributed by atoms with Gasteiger partial charge in [0.2, 0.25) is 0 Å². The third-order valence-corrected chi connectivity index (χ3v) is 5.21. The Morgan fingerprint density at radius 1 is 0.964 bits per heavy atom. The lowest BCUT2D eigenvalue weighted by molar-refractivity contribution is 0.415. The van der Waals surface area contributed by atoms with Crippen LogP contribution in [-0.4, -0.2) is 42.1 Å². The number of thioether (sulfide) groups is 1. The highest BCUT2D eigenvalue weighted by Crippen LogP contribution is 2.27. The van der Waals surface area contributed by atoms with E-state index >= 15 is 0 Å². The number of nitrogens with zero attached hydrogens (tertiary/aromatic N) is 7. The van der Waals surface area contributed by atoms with E-state index in [2.05, 4.69) is 37.2 Å². The van der Waals surface area contributed by atoms with Gasteiger partial charge in [0.05, 0.1) is 18.6 Å². The number of methoxy groups -OCH3 is 1. The number of benzene rings is 2. The molecule has 0 fully saturated rings.